The number of hydrogen-bond acceptors (Lipinski definition) is 3. The molecule has 1 aliphatic rings. The third-order valence-electron chi connectivity index (χ3n) is 2.14. The molecule has 0 amide bonds. The van der Waals surface area contributed by atoms with E-state index in [0.717, 1.165) is 0 Å². The van der Waals surface area contributed by atoms with Crippen LogP contribution in [-0.2, 0) is 11.8 Å². The van der Waals surface area contributed by atoms with Crippen molar-refractivity contribution in [3.8, 4) is 0 Å². The second-order valence-corrected chi connectivity index (χ2v) is 7.95. The predicted octanol–water partition coefficient (Wildman–Crippen LogP) is 2.72. The van der Waals surface area contributed by atoms with Gasteiger partial charge in [-0.2, -0.15) is 23.5 Å². The van der Waals surface area contributed by atoms with Crippen LogP contribution in [0, 0.1) is 0 Å². The first kappa shape index (κ1) is 11.1. The first-order valence-corrected chi connectivity index (χ1v) is 7.82. The molecule has 0 aromatic rings. The fourth-order valence-corrected chi connectivity index (χ4v) is 6.48. The maximum absolute atomic E-state index is 2.40. The molecule has 1 heterocycles. The Kier molecular flexibility index (Phi) is 3.76. The van der Waals surface area contributed by atoms with E-state index in [9.17, 15) is 0 Å². The highest BCUT2D eigenvalue weighted by Gasteiger charge is 2.64. The molecule has 12 heavy (non-hydrogen) atoms. The Balaban J connectivity index is 2.34. The molecule has 1 aliphatic heterocycles. The van der Waals surface area contributed by atoms with E-state index < -0.39 is 0 Å². The highest BCUT2D eigenvalue weighted by molar-refractivity contribution is 8.00. The van der Waals surface area contributed by atoms with Gasteiger partial charge in [-0.05, 0) is 26.4 Å². The van der Waals surface area contributed by atoms with Gasteiger partial charge in [-0.15, -0.1) is 0 Å². The molecule has 1 radical (unpaired) electrons. The molecule has 3 heteroatoms. The summed E-state index contributed by atoms with van der Waals surface area (Å²) in [5.41, 5.74) is 0. The standard InChI is InChI=1S/C9H18S3/c1-8(6-10-3)5-9(2,12-8)7-11-4/h5-7H2,1-4H3/q+1. The summed E-state index contributed by atoms with van der Waals surface area (Å²) >= 11 is 6.14. The van der Waals surface area contributed by atoms with E-state index in [2.05, 4.69) is 38.1 Å². The molecule has 0 nitrogen and oxygen atoms in total. The Morgan fingerprint density at radius 3 is 1.67 bits per heavy atom. The van der Waals surface area contributed by atoms with E-state index in [1.165, 1.54) is 17.9 Å². The van der Waals surface area contributed by atoms with Crippen LogP contribution in [-0.4, -0.2) is 33.5 Å². The minimum absolute atomic E-state index is 0.573. The Hall–Kier alpha value is 1.05. The van der Waals surface area contributed by atoms with Crippen molar-refractivity contribution in [2.75, 3.05) is 24.0 Å². The van der Waals surface area contributed by atoms with Crippen LogP contribution in [0.15, 0.2) is 0 Å². The van der Waals surface area contributed by atoms with E-state index in [1.807, 2.05) is 23.5 Å². The second kappa shape index (κ2) is 4.05. The zero-order chi connectivity index (χ0) is 9.24. The molecule has 0 aromatic carbocycles. The van der Waals surface area contributed by atoms with Crippen molar-refractivity contribution >= 4 is 35.3 Å². The third-order valence-corrected chi connectivity index (χ3v) is 5.92. The largest absolute Gasteiger partial charge is 0.211 e. The fraction of sp³-hybridized carbons (Fsp3) is 1.00. The first-order chi connectivity index (χ1) is 5.54. The average molecular weight is 222 g/mol. The zero-order valence-corrected chi connectivity index (χ0v) is 10.8. The number of rotatable bonds is 4. The molecule has 0 spiro atoms. The lowest BCUT2D eigenvalue weighted by atomic mass is 9.96. The van der Waals surface area contributed by atoms with Crippen LogP contribution in [0.1, 0.15) is 20.3 Å². The minimum atomic E-state index is 0.573. The zero-order valence-electron chi connectivity index (χ0n) is 8.35. The Morgan fingerprint density at radius 2 is 1.42 bits per heavy atom. The van der Waals surface area contributed by atoms with Crippen molar-refractivity contribution in [2.24, 2.45) is 0 Å². The highest BCUT2D eigenvalue weighted by atomic mass is 32.2. The summed E-state index contributed by atoms with van der Waals surface area (Å²) in [6.07, 6.45) is 5.80. The summed E-state index contributed by atoms with van der Waals surface area (Å²) in [6, 6.07) is 0. The lowest BCUT2D eigenvalue weighted by Crippen LogP contribution is -2.58. The molecule has 0 bridgehead atoms. The molecular weight excluding hydrogens is 204 g/mol. The topological polar surface area (TPSA) is 0 Å². The molecule has 0 N–H and O–H groups in total. The summed E-state index contributed by atoms with van der Waals surface area (Å²) in [4.78, 5) is 0. The molecule has 2 atom stereocenters. The quantitative estimate of drug-likeness (QED) is 0.671. The van der Waals surface area contributed by atoms with Gasteiger partial charge >= 0.3 is 0 Å². The van der Waals surface area contributed by atoms with Crippen molar-refractivity contribution < 1.29 is 0 Å². The van der Waals surface area contributed by atoms with Gasteiger partial charge in [0, 0.05) is 11.5 Å². The van der Waals surface area contributed by atoms with Crippen LogP contribution < -0.4 is 0 Å². The van der Waals surface area contributed by atoms with Crippen LogP contribution in [0.25, 0.3) is 0 Å². The first-order valence-electron chi connectivity index (χ1n) is 4.22. The summed E-state index contributed by atoms with van der Waals surface area (Å²) in [6.45, 7) is 4.80. The van der Waals surface area contributed by atoms with Crippen LogP contribution in [0.4, 0.5) is 0 Å². The van der Waals surface area contributed by atoms with Crippen molar-refractivity contribution in [1.29, 1.82) is 0 Å². The number of hydrogen-bond donors (Lipinski definition) is 0. The molecule has 0 aliphatic carbocycles. The van der Waals surface area contributed by atoms with Gasteiger partial charge in [0.1, 0.15) is 0 Å². The Bertz CT molecular complexity index is 134. The van der Waals surface area contributed by atoms with Gasteiger partial charge in [-0.3, -0.25) is 0 Å². The predicted molar refractivity (Wildman–Crippen MR) is 65.6 cm³/mol. The molecule has 0 aromatic heterocycles. The van der Waals surface area contributed by atoms with E-state index >= 15 is 0 Å². The van der Waals surface area contributed by atoms with Crippen molar-refractivity contribution in [2.45, 2.75) is 29.8 Å². The van der Waals surface area contributed by atoms with E-state index in [-0.39, 0.29) is 0 Å². The minimum Gasteiger partial charge on any atom is -0.160 e. The van der Waals surface area contributed by atoms with Crippen molar-refractivity contribution in [3.05, 3.63) is 0 Å². The highest BCUT2D eigenvalue weighted by Crippen LogP contribution is 2.44. The molecular formula is C9H18S3+. The molecule has 1 fully saturated rings. The number of thioether (sulfide) groups is 3. The SMILES string of the molecule is CSCC1(C)CC(C)(CSC)[S+]1. The summed E-state index contributed by atoms with van der Waals surface area (Å²) < 4.78 is 1.15. The van der Waals surface area contributed by atoms with Crippen LogP contribution in [0.2, 0.25) is 0 Å². The molecule has 2 unspecified atom stereocenters. The summed E-state index contributed by atoms with van der Waals surface area (Å²) in [7, 11) is 0. The van der Waals surface area contributed by atoms with Gasteiger partial charge in [0.15, 0.2) is 9.49 Å². The van der Waals surface area contributed by atoms with Gasteiger partial charge in [-0.1, -0.05) is 0 Å². The molecule has 0 saturated carbocycles. The second-order valence-electron chi connectivity index (χ2n) is 4.04. The van der Waals surface area contributed by atoms with Gasteiger partial charge < -0.3 is 0 Å². The monoisotopic (exact) mass is 222 g/mol. The lowest BCUT2D eigenvalue weighted by molar-refractivity contribution is 0.485. The average Bonchev–Trinajstić information content (AvgIpc) is 1.84. The van der Waals surface area contributed by atoms with Gasteiger partial charge in [0.25, 0.3) is 0 Å². The molecule has 1 rings (SSSR count). The van der Waals surface area contributed by atoms with E-state index in [1.54, 1.807) is 0 Å². The van der Waals surface area contributed by atoms with Crippen LogP contribution >= 0.6 is 23.5 Å². The van der Waals surface area contributed by atoms with Crippen molar-refractivity contribution in [1.82, 2.24) is 0 Å². The van der Waals surface area contributed by atoms with E-state index in [4.69, 9.17) is 0 Å². The van der Waals surface area contributed by atoms with Gasteiger partial charge in [-0.25, -0.2) is 0 Å². The Morgan fingerprint density at radius 1 is 1.08 bits per heavy atom. The Labute approximate surface area is 89.0 Å². The van der Waals surface area contributed by atoms with Gasteiger partial charge in [0.2, 0.25) is 11.8 Å². The summed E-state index contributed by atoms with van der Waals surface area (Å²) in [5, 5.41) is 0. The molecule has 71 valence electrons. The smallest absolute Gasteiger partial charge is 0.160 e. The fourth-order valence-electron chi connectivity index (χ4n) is 2.15. The third kappa shape index (κ3) is 2.52. The maximum Gasteiger partial charge on any atom is 0.211 e. The van der Waals surface area contributed by atoms with Gasteiger partial charge in [0.05, 0.1) is 6.42 Å². The normalized spacial score (nSPS) is 41.0. The lowest BCUT2D eigenvalue weighted by Gasteiger charge is -2.37. The van der Waals surface area contributed by atoms with Crippen LogP contribution in [0.5, 0.6) is 0 Å². The van der Waals surface area contributed by atoms with E-state index in [0.29, 0.717) is 9.49 Å². The molecule has 1 saturated heterocycles. The van der Waals surface area contributed by atoms with Crippen molar-refractivity contribution in [3.63, 3.8) is 0 Å². The van der Waals surface area contributed by atoms with Crippen LogP contribution in [0.3, 0.4) is 0 Å². The summed E-state index contributed by atoms with van der Waals surface area (Å²) in [5.74, 6) is 2.61. The maximum atomic E-state index is 2.40.